The topological polar surface area (TPSA) is 36.4 Å². The van der Waals surface area contributed by atoms with E-state index in [1.807, 2.05) is 0 Å². The summed E-state index contributed by atoms with van der Waals surface area (Å²) in [6.45, 7) is 6.44. The van der Waals surface area contributed by atoms with Gasteiger partial charge in [0.05, 0.1) is 5.69 Å². The molecule has 0 saturated carbocycles. The Morgan fingerprint density at radius 3 is 2.78 bits per heavy atom. The number of nitrogens with zero attached hydrogens (tertiary/aromatic N) is 1. The monoisotopic (exact) mass is 243 g/mol. The van der Waals surface area contributed by atoms with Crippen LogP contribution in [-0.2, 0) is 6.42 Å². The summed E-state index contributed by atoms with van der Waals surface area (Å²) in [6, 6.07) is 4.56. The van der Waals surface area contributed by atoms with Gasteiger partial charge in [0.2, 0.25) is 0 Å². The van der Waals surface area contributed by atoms with Gasteiger partial charge in [0, 0.05) is 13.1 Å². The fourth-order valence-electron chi connectivity index (χ4n) is 3.09. The first-order valence-corrected chi connectivity index (χ1v) is 6.94. The van der Waals surface area contributed by atoms with Crippen LogP contribution in [0.5, 0.6) is 0 Å². The molecule has 3 heteroatoms. The maximum absolute atomic E-state index is 4.78. The van der Waals surface area contributed by atoms with E-state index >= 15 is 0 Å². The zero-order chi connectivity index (χ0) is 12.5. The van der Waals surface area contributed by atoms with Crippen LogP contribution in [0.25, 0.3) is 0 Å². The minimum Gasteiger partial charge on any atom is -0.354 e. The number of aryl methyl sites for hydroxylation is 2. The minimum atomic E-state index is 0.634. The number of fused-ring (bicyclic) bond motifs is 1. The summed E-state index contributed by atoms with van der Waals surface area (Å²) in [6.07, 6.45) is 3.80. The van der Waals surface area contributed by atoms with E-state index < -0.39 is 0 Å². The third-order valence-corrected chi connectivity index (χ3v) is 3.91. The number of nitrogens with one attached hydrogen (secondary N) is 2. The number of rotatable bonds is 1. The molecule has 1 saturated heterocycles. The van der Waals surface area contributed by atoms with Gasteiger partial charge in [0.1, 0.15) is 0 Å². The molecule has 1 heterocycles. The Balaban J connectivity index is 2.07. The Morgan fingerprint density at radius 2 is 2.00 bits per heavy atom. The van der Waals surface area contributed by atoms with Gasteiger partial charge in [-0.05, 0) is 54.9 Å². The molecule has 0 aromatic heterocycles. The van der Waals surface area contributed by atoms with Crippen molar-refractivity contribution in [1.82, 2.24) is 10.6 Å². The molecule has 3 nitrogen and oxygen atoms in total. The molecule has 1 unspecified atom stereocenters. The maximum Gasteiger partial charge on any atom is 0.196 e. The van der Waals surface area contributed by atoms with Gasteiger partial charge in [-0.3, -0.25) is 0 Å². The van der Waals surface area contributed by atoms with E-state index in [-0.39, 0.29) is 0 Å². The van der Waals surface area contributed by atoms with Crippen molar-refractivity contribution >= 4 is 11.6 Å². The van der Waals surface area contributed by atoms with Gasteiger partial charge < -0.3 is 10.6 Å². The highest BCUT2D eigenvalue weighted by Crippen LogP contribution is 2.38. The second-order valence-corrected chi connectivity index (χ2v) is 5.46. The summed E-state index contributed by atoms with van der Waals surface area (Å²) in [4.78, 5) is 4.78. The predicted octanol–water partition coefficient (Wildman–Crippen LogP) is 2.62. The molecule has 1 aliphatic heterocycles. The highest BCUT2D eigenvalue weighted by Gasteiger charge is 2.20. The van der Waals surface area contributed by atoms with Crippen molar-refractivity contribution in [1.29, 1.82) is 0 Å². The Hall–Kier alpha value is -1.51. The van der Waals surface area contributed by atoms with Gasteiger partial charge in [-0.15, -0.1) is 0 Å². The number of aliphatic imine (C=N–C) groups is 1. The van der Waals surface area contributed by atoms with Crippen molar-refractivity contribution in [2.45, 2.75) is 39.0 Å². The third kappa shape index (κ3) is 2.09. The third-order valence-electron chi connectivity index (χ3n) is 3.91. The quantitative estimate of drug-likeness (QED) is 0.795. The van der Waals surface area contributed by atoms with E-state index in [1.54, 1.807) is 0 Å². The molecule has 1 aromatic carbocycles. The molecule has 0 spiro atoms. The summed E-state index contributed by atoms with van der Waals surface area (Å²) in [7, 11) is 0. The molecule has 0 amide bonds. The molecule has 1 aliphatic carbocycles. The molecule has 1 fully saturated rings. The lowest BCUT2D eigenvalue weighted by Crippen LogP contribution is -2.23. The Labute approximate surface area is 109 Å². The van der Waals surface area contributed by atoms with E-state index in [9.17, 15) is 0 Å². The molecule has 1 aromatic rings. The highest BCUT2D eigenvalue weighted by atomic mass is 15.2. The normalized spacial score (nSPS) is 22.1. The van der Waals surface area contributed by atoms with Gasteiger partial charge in [-0.25, -0.2) is 4.99 Å². The molecular formula is C15H21N3. The van der Waals surface area contributed by atoms with Gasteiger partial charge in [0.25, 0.3) is 0 Å². The molecule has 3 rings (SSSR count). The van der Waals surface area contributed by atoms with Crippen LogP contribution in [0.2, 0.25) is 0 Å². The summed E-state index contributed by atoms with van der Waals surface area (Å²) in [5, 5.41) is 6.57. The zero-order valence-corrected chi connectivity index (χ0v) is 11.2. The average molecular weight is 243 g/mol. The molecule has 2 N–H and O–H groups in total. The van der Waals surface area contributed by atoms with Crippen LogP contribution >= 0.6 is 0 Å². The van der Waals surface area contributed by atoms with Crippen LogP contribution in [0.4, 0.5) is 5.69 Å². The number of benzene rings is 1. The Morgan fingerprint density at radius 1 is 1.22 bits per heavy atom. The SMILES string of the molecule is Cc1cc2c(c(N=C3NCCN3)c1)C(C)CCC2. The second kappa shape index (κ2) is 4.63. The molecular weight excluding hydrogens is 222 g/mol. The van der Waals surface area contributed by atoms with Crippen LogP contribution in [0.3, 0.4) is 0 Å². The smallest absolute Gasteiger partial charge is 0.196 e. The van der Waals surface area contributed by atoms with Gasteiger partial charge in [-0.2, -0.15) is 0 Å². The number of hydrogen-bond donors (Lipinski definition) is 2. The molecule has 0 radical (unpaired) electrons. The summed E-state index contributed by atoms with van der Waals surface area (Å²) >= 11 is 0. The standard InChI is InChI=1S/C15H21N3/c1-10-8-12-5-3-4-11(2)14(12)13(9-10)18-15-16-6-7-17-15/h8-9,11H,3-7H2,1-2H3,(H2,16,17,18). The molecule has 0 bridgehead atoms. The van der Waals surface area contributed by atoms with Gasteiger partial charge in [0.15, 0.2) is 5.96 Å². The lowest BCUT2D eigenvalue weighted by atomic mass is 9.82. The fraction of sp³-hybridized carbons (Fsp3) is 0.533. The lowest BCUT2D eigenvalue weighted by molar-refractivity contribution is 0.591. The molecule has 1 atom stereocenters. The van der Waals surface area contributed by atoms with Crippen LogP contribution in [-0.4, -0.2) is 19.0 Å². The van der Waals surface area contributed by atoms with Crippen LogP contribution in [0.15, 0.2) is 17.1 Å². The molecule has 18 heavy (non-hydrogen) atoms. The van der Waals surface area contributed by atoms with Crippen LogP contribution < -0.4 is 10.6 Å². The average Bonchev–Trinajstić information content (AvgIpc) is 2.81. The summed E-state index contributed by atoms with van der Waals surface area (Å²) in [5.74, 6) is 1.57. The Kier molecular flexibility index (Phi) is 2.98. The summed E-state index contributed by atoms with van der Waals surface area (Å²) in [5.41, 5.74) is 5.45. The number of guanidine groups is 1. The van der Waals surface area contributed by atoms with E-state index in [0.29, 0.717) is 5.92 Å². The van der Waals surface area contributed by atoms with E-state index in [0.717, 1.165) is 24.7 Å². The highest BCUT2D eigenvalue weighted by molar-refractivity contribution is 5.85. The van der Waals surface area contributed by atoms with E-state index in [4.69, 9.17) is 4.99 Å². The van der Waals surface area contributed by atoms with Crippen molar-refractivity contribution in [3.8, 4) is 0 Å². The largest absolute Gasteiger partial charge is 0.354 e. The van der Waals surface area contributed by atoms with Crippen LogP contribution in [0, 0.1) is 6.92 Å². The Bertz CT molecular complexity index is 483. The maximum atomic E-state index is 4.78. The van der Waals surface area contributed by atoms with E-state index in [2.05, 4.69) is 36.6 Å². The van der Waals surface area contributed by atoms with E-state index in [1.165, 1.54) is 36.0 Å². The van der Waals surface area contributed by atoms with Crippen LogP contribution in [0.1, 0.15) is 42.4 Å². The first-order valence-electron chi connectivity index (χ1n) is 6.94. The minimum absolute atomic E-state index is 0.634. The lowest BCUT2D eigenvalue weighted by Gasteiger charge is -2.24. The first-order chi connectivity index (χ1) is 8.74. The first kappa shape index (κ1) is 11.6. The second-order valence-electron chi connectivity index (χ2n) is 5.46. The predicted molar refractivity (Wildman–Crippen MR) is 75.6 cm³/mol. The summed E-state index contributed by atoms with van der Waals surface area (Å²) < 4.78 is 0. The van der Waals surface area contributed by atoms with Crippen molar-refractivity contribution in [3.63, 3.8) is 0 Å². The molecule has 2 aliphatic rings. The molecule has 96 valence electrons. The van der Waals surface area contributed by atoms with Crippen molar-refractivity contribution in [2.75, 3.05) is 13.1 Å². The van der Waals surface area contributed by atoms with Gasteiger partial charge in [-0.1, -0.05) is 13.0 Å². The van der Waals surface area contributed by atoms with Crippen molar-refractivity contribution < 1.29 is 0 Å². The van der Waals surface area contributed by atoms with Crippen molar-refractivity contribution in [3.05, 3.63) is 28.8 Å². The number of hydrogen-bond acceptors (Lipinski definition) is 1. The zero-order valence-electron chi connectivity index (χ0n) is 11.2. The van der Waals surface area contributed by atoms with Gasteiger partial charge >= 0.3 is 0 Å². The fourth-order valence-corrected chi connectivity index (χ4v) is 3.09. The van der Waals surface area contributed by atoms with Crippen molar-refractivity contribution in [2.24, 2.45) is 4.99 Å².